The van der Waals surface area contributed by atoms with Crippen LogP contribution in [0.4, 0.5) is 10.2 Å². The molecule has 4 rings (SSSR count). The summed E-state index contributed by atoms with van der Waals surface area (Å²) in [7, 11) is 0. The van der Waals surface area contributed by atoms with Gasteiger partial charge in [0.25, 0.3) is 0 Å². The number of pyridine rings is 1. The molecule has 1 aliphatic heterocycles. The summed E-state index contributed by atoms with van der Waals surface area (Å²) in [4.78, 5) is 8.33. The first-order chi connectivity index (χ1) is 11.7. The first-order valence-corrected chi connectivity index (χ1v) is 7.95. The van der Waals surface area contributed by atoms with Crippen LogP contribution in [0.3, 0.4) is 0 Å². The van der Waals surface area contributed by atoms with Gasteiger partial charge in [0, 0.05) is 44.0 Å². The minimum atomic E-state index is -0.244. The van der Waals surface area contributed by atoms with E-state index in [-0.39, 0.29) is 5.82 Å². The fraction of sp³-hybridized carbons (Fsp3) is 0.375. The van der Waals surface area contributed by atoms with Crippen LogP contribution in [0.5, 0.6) is 0 Å². The van der Waals surface area contributed by atoms with Crippen LogP contribution in [0.1, 0.15) is 12.5 Å². The second kappa shape index (κ2) is 6.12. The van der Waals surface area contributed by atoms with E-state index in [0.717, 1.165) is 31.1 Å². The Bertz CT molecular complexity index is 849. The van der Waals surface area contributed by atoms with E-state index in [1.165, 1.54) is 6.20 Å². The third-order valence-electron chi connectivity index (χ3n) is 4.47. The molecule has 0 spiro atoms. The van der Waals surface area contributed by atoms with Gasteiger partial charge in [0.2, 0.25) is 0 Å². The number of piperazine rings is 1. The predicted molar refractivity (Wildman–Crippen MR) is 87.1 cm³/mol. The molecule has 0 amide bonds. The lowest BCUT2D eigenvalue weighted by Gasteiger charge is -2.40. The zero-order valence-corrected chi connectivity index (χ0v) is 13.4. The maximum Gasteiger partial charge on any atom is 0.177 e. The molecule has 3 aromatic heterocycles. The number of hydrogen-bond acceptors (Lipinski definition) is 6. The van der Waals surface area contributed by atoms with E-state index >= 15 is 0 Å². The van der Waals surface area contributed by atoms with Crippen LogP contribution < -0.4 is 4.90 Å². The lowest BCUT2D eigenvalue weighted by atomic mass is 10.1. The summed E-state index contributed by atoms with van der Waals surface area (Å²) >= 11 is 0. The van der Waals surface area contributed by atoms with E-state index in [2.05, 4.69) is 37.0 Å². The Kier molecular flexibility index (Phi) is 3.81. The average molecular weight is 327 g/mol. The zero-order valence-electron chi connectivity index (χ0n) is 13.4. The molecule has 0 aliphatic carbocycles. The summed E-state index contributed by atoms with van der Waals surface area (Å²) in [5.41, 5.74) is 1.42. The van der Waals surface area contributed by atoms with Crippen LogP contribution in [-0.4, -0.2) is 55.4 Å². The van der Waals surface area contributed by atoms with Crippen molar-refractivity contribution in [2.75, 3.05) is 24.5 Å². The van der Waals surface area contributed by atoms with Gasteiger partial charge in [-0.05, 0) is 25.1 Å². The van der Waals surface area contributed by atoms with Crippen LogP contribution in [0.2, 0.25) is 0 Å². The minimum Gasteiger partial charge on any atom is -0.352 e. The first kappa shape index (κ1) is 14.9. The molecule has 1 unspecified atom stereocenters. The van der Waals surface area contributed by atoms with E-state index in [1.807, 2.05) is 12.1 Å². The normalized spacial score (nSPS) is 19.1. The van der Waals surface area contributed by atoms with Gasteiger partial charge in [-0.3, -0.25) is 9.88 Å². The van der Waals surface area contributed by atoms with Crippen LogP contribution in [0.15, 0.2) is 36.9 Å². The Labute approximate surface area is 138 Å². The number of anilines is 1. The monoisotopic (exact) mass is 327 g/mol. The van der Waals surface area contributed by atoms with E-state index in [4.69, 9.17) is 0 Å². The van der Waals surface area contributed by atoms with Gasteiger partial charge in [-0.15, -0.1) is 15.3 Å². The van der Waals surface area contributed by atoms with Crippen molar-refractivity contribution in [1.82, 2.24) is 29.7 Å². The van der Waals surface area contributed by atoms with Crippen molar-refractivity contribution >= 4 is 11.5 Å². The minimum absolute atomic E-state index is 0.244. The molecule has 3 aromatic rings. The van der Waals surface area contributed by atoms with Crippen molar-refractivity contribution < 1.29 is 4.39 Å². The molecule has 1 atom stereocenters. The topological polar surface area (TPSA) is 62.5 Å². The van der Waals surface area contributed by atoms with Gasteiger partial charge < -0.3 is 4.90 Å². The van der Waals surface area contributed by atoms with Crippen LogP contribution in [0.25, 0.3) is 5.65 Å². The number of nitrogens with zero attached hydrogens (tertiary/aromatic N) is 7. The van der Waals surface area contributed by atoms with Crippen LogP contribution >= 0.6 is 0 Å². The van der Waals surface area contributed by atoms with E-state index < -0.39 is 0 Å². The fourth-order valence-electron chi connectivity index (χ4n) is 3.08. The highest BCUT2D eigenvalue weighted by atomic mass is 19.1. The van der Waals surface area contributed by atoms with Crippen molar-refractivity contribution in [2.24, 2.45) is 0 Å². The lowest BCUT2D eigenvalue weighted by molar-refractivity contribution is 0.178. The van der Waals surface area contributed by atoms with E-state index in [0.29, 0.717) is 18.2 Å². The molecule has 24 heavy (non-hydrogen) atoms. The number of halogens is 1. The Morgan fingerprint density at radius 1 is 1.25 bits per heavy atom. The summed E-state index contributed by atoms with van der Waals surface area (Å²) in [5, 5.41) is 12.4. The molecular weight excluding hydrogens is 309 g/mol. The number of hydrogen-bond donors (Lipinski definition) is 0. The molecule has 1 aliphatic rings. The van der Waals surface area contributed by atoms with Gasteiger partial charge >= 0.3 is 0 Å². The summed E-state index contributed by atoms with van der Waals surface area (Å²) < 4.78 is 15.5. The van der Waals surface area contributed by atoms with Crippen LogP contribution in [0, 0.1) is 5.82 Å². The predicted octanol–water partition coefficient (Wildman–Crippen LogP) is 1.37. The Morgan fingerprint density at radius 2 is 2.17 bits per heavy atom. The Hall–Kier alpha value is -2.61. The Morgan fingerprint density at radius 3 is 3.00 bits per heavy atom. The summed E-state index contributed by atoms with van der Waals surface area (Å²) in [6.45, 7) is 5.29. The molecule has 7 nitrogen and oxygen atoms in total. The second-order valence-corrected chi connectivity index (χ2v) is 6.06. The van der Waals surface area contributed by atoms with Crippen molar-refractivity contribution in [3.63, 3.8) is 0 Å². The molecular formula is C16H18FN7. The van der Waals surface area contributed by atoms with E-state index in [9.17, 15) is 4.39 Å². The second-order valence-electron chi connectivity index (χ2n) is 6.06. The Balaban J connectivity index is 1.47. The summed E-state index contributed by atoms with van der Waals surface area (Å²) in [6.07, 6.45) is 4.51. The maximum atomic E-state index is 13.8. The number of aromatic nitrogens is 5. The number of fused-ring (bicyclic) bond motifs is 1. The first-order valence-electron chi connectivity index (χ1n) is 7.95. The SMILES string of the molecule is CC1CN(c2ccc3nncn3n2)CCN1Cc1ccncc1F. The molecule has 0 bridgehead atoms. The van der Waals surface area contributed by atoms with Gasteiger partial charge in [-0.25, -0.2) is 4.39 Å². The van der Waals surface area contributed by atoms with Crippen molar-refractivity contribution in [3.8, 4) is 0 Å². The largest absolute Gasteiger partial charge is 0.352 e. The van der Waals surface area contributed by atoms with Crippen molar-refractivity contribution in [2.45, 2.75) is 19.5 Å². The van der Waals surface area contributed by atoms with Crippen LogP contribution in [-0.2, 0) is 6.54 Å². The fourth-order valence-corrected chi connectivity index (χ4v) is 3.08. The molecule has 0 aromatic carbocycles. The lowest BCUT2D eigenvalue weighted by Crippen LogP contribution is -2.51. The van der Waals surface area contributed by atoms with Crippen molar-refractivity contribution in [3.05, 3.63) is 48.3 Å². The number of rotatable bonds is 3. The average Bonchev–Trinajstić information content (AvgIpc) is 3.06. The summed E-state index contributed by atoms with van der Waals surface area (Å²) in [5.74, 6) is 0.663. The highest BCUT2D eigenvalue weighted by Crippen LogP contribution is 2.19. The quantitative estimate of drug-likeness (QED) is 0.724. The van der Waals surface area contributed by atoms with Crippen molar-refractivity contribution in [1.29, 1.82) is 0 Å². The van der Waals surface area contributed by atoms with Gasteiger partial charge in [-0.1, -0.05) is 0 Å². The molecule has 124 valence electrons. The van der Waals surface area contributed by atoms with Gasteiger partial charge in [0.05, 0.1) is 6.20 Å². The molecule has 1 fully saturated rings. The molecule has 1 saturated heterocycles. The molecule has 4 heterocycles. The standard InChI is InChI=1S/C16H18FN7/c1-12-9-23(16-3-2-15-20-19-11-24(15)21-16)7-6-22(12)10-13-4-5-18-8-14(13)17/h2-5,8,11-12H,6-7,9-10H2,1H3. The summed E-state index contributed by atoms with van der Waals surface area (Å²) in [6, 6.07) is 5.92. The third-order valence-corrected chi connectivity index (χ3v) is 4.47. The van der Waals surface area contributed by atoms with E-state index in [1.54, 1.807) is 23.1 Å². The van der Waals surface area contributed by atoms with Gasteiger partial charge in [0.1, 0.15) is 18.0 Å². The third kappa shape index (κ3) is 2.80. The highest BCUT2D eigenvalue weighted by Gasteiger charge is 2.25. The van der Waals surface area contributed by atoms with Gasteiger partial charge in [-0.2, -0.15) is 4.52 Å². The zero-order chi connectivity index (χ0) is 16.5. The highest BCUT2D eigenvalue weighted by molar-refractivity contribution is 5.45. The molecule has 0 N–H and O–H groups in total. The molecule has 0 saturated carbocycles. The van der Waals surface area contributed by atoms with Gasteiger partial charge in [0.15, 0.2) is 5.65 Å². The molecule has 8 heteroatoms. The smallest absolute Gasteiger partial charge is 0.177 e. The maximum absolute atomic E-state index is 13.8. The molecule has 0 radical (unpaired) electrons.